The van der Waals surface area contributed by atoms with Crippen molar-refractivity contribution in [2.24, 2.45) is 0 Å². The van der Waals surface area contributed by atoms with E-state index in [1.54, 1.807) is 30.5 Å². The lowest BCUT2D eigenvalue weighted by atomic mass is 10.2. The highest BCUT2D eigenvalue weighted by Crippen LogP contribution is 2.35. The van der Waals surface area contributed by atoms with Crippen LogP contribution in [0.2, 0.25) is 0 Å². The van der Waals surface area contributed by atoms with E-state index >= 15 is 0 Å². The molecular weight excluding hydrogens is 440 g/mol. The number of hydrogen-bond acceptors (Lipinski definition) is 8. The van der Waals surface area contributed by atoms with Gasteiger partial charge in [-0.3, -0.25) is 0 Å². The minimum absolute atomic E-state index is 0.122. The third-order valence-corrected chi connectivity index (χ3v) is 7.73. The highest BCUT2D eigenvalue weighted by atomic mass is 32.2. The average molecular weight is 467 g/mol. The van der Waals surface area contributed by atoms with Crippen molar-refractivity contribution in [1.82, 2.24) is 15.3 Å². The number of nitrogens with one attached hydrogen (secondary N) is 2. The van der Waals surface area contributed by atoms with Gasteiger partial charge < -0.3 is 20.3 Å². The molecule has 9 nitrogen and oxygen atoms in total. The quantitative estimate of drug-likeness (QED) is 0.571. The minimum Gasteiger partial charge on any atom is -0.495 e. The van der Waals surface area contributed by atoms with Crippen molar-refractivity contribution in [3.05, 3.63) is 60.3 Å². The third kappa shape index (κ3) is 4.19. The second-order valence-electron chi connectivity index (χ2n) is 7.93. The van der Waals surface area contributed by atoms with Crippen LogP contribution in [-0.4, -0.2) is 58.2 Å². The molecule has 0 radical (unpaired) electrons. The lowest BCUT2D eigenvalue weighted by Crippen LogP contribution is -2.43. The third-order valence-electron chi connectivity index (χ3n) is 5.90. The van der Waals surface area contributed by atoms with E-state index in [0.29, 0.717) is 30.5 Å². The largest absolute Gasteiger partial charge is 0.495 e. The molecule has 1 fully saturated rings. The summed E-state index contributed by atoms with van der Waals surface area (Å²) in [5.74, 6) is 1.06. The van der Waals surface area contributed by atoms with E-state index in [0.717, 1.165) is 37.4 Å². The Hall–Kier alpha value is -3.37. The molecule has 2 aliphatic heterocycles. The Morgan fingerprint density at radius 1 is 1.03 bits per heavy atom. The molecule has 33 heavy (non-hydrogen) atoms. The van der Waals surface area contributed by atoms with E-state index in [-0.39, 0.29) is 4.90 Å². The highest BCUT2D eigenvalue weighted by molar-refractivity contribution is 7.93. The second-order valence-corrected chi connectivity index (χ2v) is 9.76. The van der Waals surface area contributed by atoms with Crippen LogP contribution in [0.1, 0.15) is 5.56 Å². The number of benzene rings is 2. The predicted octanol–water partition coefficient (Wildman–Crippen LogP) is 2.39. The monoisotopic (exact) mass is 466 g/mol. The molecule has 0 unspecified atom stereocenters. The Morgan fingerprint density at radius 3 is 2.55 bits per heavy atom. The second kappa shape index (κ2) is 8.87. The lowest BCUT2D eigenvalue weighted by Gasteiger charge is -2.29. The summed E-state index contributed by atoms with van der Waals surface area (Å²) >= 11 is 0. The van der Waals surface area contributed by atoms with Gasteiger partial charge in [0.05, 0.1) is 7.11 Å². The van der Waals surface area contributed by atoms with Crippen LogP contribution >= 0.6 is 0 Å². The molecule has 10 heteroatoms. The van der Waals surface area contributed by atoms with Crippen molar-refractivity contribution in [2.45, 2.75) is 11.3 Å². The van der Waals surface area contributed by atoms with Gasteiger partial charge >= 0.3 is 0 Å². The molecule has 5 rings (SSSR count). The minimum atomic E-state index is -3.82. The number of para-hydroxylation sites is 1. The van der Waals surface area contributed by atoms with Crippen LogP contribution in [0, 0.1) is 0 Å². The molecule has 1 aromatic heterocycles. The summed E-state index contributed by atoms with van der Waals surface area (Å²) in [6, 6.07) is 14.7. The summed E-state index contributed by atoms with van der Waals surface area (Å²) in [5.41, 5.74) is 2.81. The van der Waals surface area contributed by atoms with E-state index < -0.39 is 10.0 Å². The van der Waals surface area contributed by atoms with Gasteiger partial charge in [-0.1, -0.05) is 12.1 Å². The SMILES string of the molecule is COc1ccccc1S(=O)(=O)N1CCc2cnc(Nc3ccc(N4CCNCC4)cc3)nc21. The number of nitrogens with zero attached hydrogens (tertiary/aromatic N) is 4. The van der Waals surface area contributed by atoms with Crippen LogP contribution in [0.15, 0.2) is 59.6 Å². The number of rotatable bonds is 6. The van der Waals surface area contributed by atoms with Gasteiger partial charge in [0.1, 0.15) is 10.6 Å². The first-order valence-electron chi connectivity index (χ1n) is 10.9. The van der Waals surface area contributed by atoms with Gasteiger partial charge in [0.25, 0.3) is 10.0 Å². The number of sulfonamides is 1. The molecule has 2 N–H and O–H groups in total. The summed E-state index contributed by atoms with van der Waals surface area (Å²) in [4.78, 5) is 11.4. The summed E-state index contributed by atoms with van der Waals surface area (Å²) in [6.07, 6.45) is 2.25. The molecule has 0 aliphatic carbocycles. The Labute approximate surface area is 193 Å². The predicted molar refractivity (Wildman–Crippen MR) is 128 cm³/mol. The molecule has 3 heterocycles. The van der Waals surface area contributed by atoms with Crippen molar-refractivity contribution >= 4 is 33.2 Å². The molecule has 0 bridgehead atoms. The van der Waals surface area contributed by atoms with Crippen LogP contribution in [0.3, 0.4) is 0 Å². The molecule has 2 aliphatic rings. The Balaban J connectivity index is 1.38. The molecule has 3 aromatic rings. The van der Waals surface area contributed by atoms with Crippen molar-refractivity contribution in [2.75, 3.05) is 54.4 Å². The van der Waals surface area contributed by atoms with E-state index in [9.17, 15) is 8.42 Å². The molecule has 0 amide bonds. The molecule has 0 spiro atoms. The Morgan fingerprint density at radius 2 is 1.79 bits per heavy atom. The van der Waals surface area contributed by atoms with E-state index in [1.807, 2.05) is 12.1 Å². The molecule has 0 atom stereocenters. The smallest absolute Gasteiger partial charge is 0.269 e. The number of piperazine rings is 1. The van der Waals surface area contributed by atoms with E-state index in [4.69, 9.17) is 4.74 Å². The van der Waals surface area contributed by atoms with Crippen LogP contribution in [0.5, 0.6) is 5.75 Å². The van der Waals surface area contributed by atoms with Crippen molar-refractivity contribution in [3.63, 3.8) is 0 Å². The van der Waals surface area contributed by atoms with Gasteiger partial charge in [-0.25, -0.2) is 17.7 Å². The molecular formula is C23H26N6O3S. The van der Waals surface area contributed by atoms with Crippen molar-refractivity contribution in [3.8, 4) is 5.75 Å². The number of anilines is 4. The fraction of sp³-hybridized carbons (Fsp3) is 0.304. The lowest BCUT2D eigenvalue weighted by molar-refractivity contribution is 0.402. The number of hydrogen-bond donors (Lipinski definition) is 2. The first kappa shape index (κ1) is 21.5. The van der Waals surface area contributed by atoms with Gasteiger partial charge in [-0.15, -0.1) is 0 Å². The molecule has 172 valence electrons. The maximum Gasteiger partial charge on any atom is 0.269 e. The van der Waals surface area contributed by atoms with Crippen molar-refractivity contribution in [1.29, 1.82) is 0 Å². The number of aromatic nitrogens is 2. The van der Waals surface area contributed by atoms with Gasteiger partial charge in [-0.05, 0) is 42.8 Å². The highest BCUT2D eigenvalue weighted by Gasteiger charge is 2.34. The van der Waals surface area contributed by atoms with Gasteiger partial charge in [0.2, 0.25) is 5.95 Å². The van der Waals surface area contributed by atoms with Gasteiger partial charge in [-0.2, -0.15) is 4.98 Å². The first-order chi connectivity index (χ1) is 16.1. The number of ether oxygens (including phenoxy) is 1. The average Bonchev–Trinajstić information content (AvgIpc) is 3.29. The van der Waals surface area contributed by atoms with E-state index in [1.165, 1.54) is 17.1 Å². The van der Waals surface area contributed by atoms with Crippen LogP contribution in [0.25, 0.3) is 0 Å². The maximum atomic E-state index is 13.4. The number of methoxy groups -OCH3 is 1. The zero-order valence-electron chi connectivity index (χ0n) is 18.4. The summed E-state index contributed by atoms with van der Waals surface area (Å²) in [5, 5.41) is 6.55. The topological polar surface area (TPSA) is 99.7 Å². The van der Waals surface area contributed by atoms with Gasteiger partial charge in [0.15, 0.2) is 5.82 Å². The van der Waals surface area contributed by atoms with Crippen LogP contribution in [-0.2, 0) is 16.4 Å². The Kier molecular flexibility index (Phi) is 5.77. The maximum absolute atomic E-state index is 13.4. The molecule has 1 saturated heterocycles. The molecule has 2 aromatic carbocycles. The summed E-state index contributed by atoms with van der Waals surface area (Å²) in [6.45, 7) is 4.25. The summed E-state index contributed by atoms with van der Waals surface area (Å²) in [7, 11) is -2.36. The zero-order chi connectivity index (χ0) is 22.8. The van der Waals surface area contributed by atoms with Crippen molar-refractivity contribution < 1.29 is 13.2 Å². The molecule has 0 saturated carbocycles. The first-order valence-corrected chi connectivity index (χ1v) is 12.3. The van der Waals surface area contributed by atoms with Gasteiger partial charge in [0, 0.05) is 55.9 Å². The van der Waals surface area contributed by atoms with E-state index in [2.05, 4.69) is 37.6 Å². The summed E-state index contributed by atoms with van der Waals surface area (Å²) < 4.78 is 33.4. The normalized spacial score (nSPS) is 15.9. The Bertz CT molecular complexity index is 1240. The standard InChI is InChI=1S/C23H26N6O3S/c1-32-20-4-2-3-5-21(20)33(30,31)29-13-10-17-16-25-23(27-22(17)29)26-18-6-8-19(9-7-18)28-14-11-24-12-15-28/h2-9,16,24H,10-15H2,1H3,(H,25,26,27). The van der Waals surface area contributed by atoms with Crippen LogP contribution in [0.4, 0.5) is 23.1 Å². The van der Waals surface area contributed by atoms with Crippen LogP contribution < -0.4 is 24.6 Å². The zero-order valence-corrected chi connectivity index (χ0v) is 19.2. The fourth-order valence-corrected chi connectivity index (χ4v) is 5.78. The fourth-order valence-electron chi connectivity index (χ4n) is 4.17. The number of fused-ring (bicyclic) bond motifs is 1.